The molecule has 0 bridgehead atoms. The van der Waals surface area contributed by atoms with Crippen LogP contribution in [-0.2, 0) is 9.59 Å². The number of pyridine rings is 1. The van der Waals surface area contributed by atoms with Crippen LogP contribution < -0.4 is 41.4 Å². The molecule has 16 nitrogen and oxygen atoms in total. The molecule has 3 aromatic heterocycles. The predicted molar refractivity (Wildman–Crippen MR) is 232 cm³/mol. The Morgan fingerprint density at radius 1 is 0.721 bits per heavy atom. The molecule has 0 saturated heterocycles. The third kappa shape index (κ3) is 14.0. The quantitative estimate of drug-likeness (QED) is 0.0429. The van der Waals surface area contributed by atoms with Gasteiger partial charge in [0.2, 0.25) is 29.6 Å². The maximum atomic E-state index is 14.3. The fourth-order valence-electron chi connectivity index (χ4n) is 4.90. The molecule has 6 aromatic rings. The molecule has 19 heteroatoms. The molecule has 3 heterocycles. The summed E-state index contributed by atoms with van der Waals surface area (Å²) in [7, 11) is 0. The van der Waals surface area contributed by atoms with Crippen molar-refractivity contribution >= 4 is 81.1 Å². The van der Waals surface area contributed by atoms with Crippen molar-refractivity contribution < 1.29 is 33.0 Å². The molecule has 3 aromatic carbocycles. The highest BCUT2D eigenvalue weighted by atomic mass is 35.5. The Morgan fingerprint density at radius 3 is 1.90 bits per heavy atom. The van der Waals surface area contributed by atoms with Gasteiger partial charge in [-0.3, -0.25) is 9.59 Å². The van der Waals surface area contributed by atoms with Gasteiger partial charge in [-0.2, -0.15) is 9.97 Å². The maximum absolute atomic E-state index is 14.3. The van der Waals surface area contributed by atoms with Crippen LogP contribution in [0.5, 0.6) is 11.6 Å². The monoisotopic (exact) mass is 851 g/mol. The molecule has 2 amide bonds. The van der Waals surface area contributed by atoms with Crippen molar-refractivity contribution in [2.75, 3.05) is 45.1 Å². The first-order valence-corrected chi connectivity index (χ1v) is 18.6. The van der Waals surface area contributed by atoms with Gasteiger partial charge in [-0.15, -0.1) is 0 Å². The number of carbonyl (C=O) groups is 2. The molecular formula is C42H40ClF2N11O5. The smallest absolute Gasteiger partial charge is 0.247 e. The van der Waals surface area contributed by atoms with Crippen molar-refractivity contribution in [1.82, 2.24) is 24.9 Å². The Hall–Kier alpha value is -7.70. The van der Waals surface area contributed by atoms with E-state index in [9.17, 15) is 18.4 Å². The number of aromatic nitrogens is 5. The highest BCUT2D eigenvalue weighted by molar-refractivity contribution is 6.34. The Labute approximate surface area is 354 Å². The van der Waals surface area contributed by atoms with E-state index in [1.807, 2.05) is 13.8 Å². The number of anilines is 10. The lowest BCUT2D eigenvalue weighted by molar-refractivity contribution is -0.112. The van der Waals surface area contributed by atoms with E-state index in [0.717, 1.165) is 24.5 Å². The van der Waals surface area contributed by atoms with Crippen molar-refractivity contribution in [3.63, 3.8) is 0 Å². The summed E-state index contributed by atoms with van der Waals surface area (Å²) in [6.07, 6.45) is 5.94. The molecule has 0 unspecified atom stereocenters. The van der Waals surface area contributed by atoms with Crippen molar-refractivity contribution in [1.29, 1.82) is 0 Å². The first-order valence-electron chi connectivity index (χ1n) is 18.3. The lowest BCUT2D eigenvalue weighted by atomic mass is 10.2. The molecule has 0 saturated carbocycles. The summed E-state index contributed by atoms with van der Waals surface area (Å²) in [5.41, 5.74) is 3.10. The Balaban J connectivity index is 0.000000231. The van der Waals surface area contributed by atoms with Crippen LogP contribution in [-0.4, -0.2) is 61.2 Å². The van der Waals surface area contributed by atoms with Crippen molar-refractivity contribution in [2.45, 2.75) is 20.0 Å². The number of aliphatic hydroxyl groups excluding tert-OH is 1. The number of aliphatic hydroxyl groups is 1. The standard InChI is InChI=1S/C21H20ClFN6O2.C21H20FN5O3/c1-4-18(30)28-17-9-13(5-7-15(17)22)26-20-16(23)11-25-21(29-20)27-14-6-8-19(24-10-14)31-12(2)3;1-2-19(29)24-14-5-3-6-15(11-14)25-20-18(22)13-23-21(27-20)26-16-7-4-8-17(12-16)30-10-9-28/h4-12H,1H2,2-3H3,(H,28,30)(H2,25,26,27,29);2-8,11-13,28H,1,9-10H2,(H,24,29)(H2,23,25,26,27). The lowest BCUT2D eigenvalue weighted by Gasteiger charge is -2.12. The van der Waals surface area contributed by atoms with Gasteiger partial charge in [0.1, 0.15) is 12.4 Å². The molecule has 314 valence electrons. The highest BCUT2D eigenvalue weighted by Gasteiger charge is 2.12. The molecule has 0 fully saturated rings. The summed E-state index contributed by atoms with van der Waals surface area (Å²) in [6.45, 7) is 10.7. The number of nitrogens with zero attached hydrogens (tertiary/aromatic N) is 5. The van der Waals surface area contributed by atoms with Gasteiger partial charge in [0.05, 0.1) is 47.7 Å². The molecule has 0 aliphatic heterocycles. The summed E-state index contributed by atoms with van der Waals surface area (Å²) in [5, 5.41) is 26.0. The fraction of sp³-hybridized carbons (Fsp3) is 0.119. The van der Waals surface area contributed by atoms with Crippen molar-refractivity contribution in [3.05, 3.63) is 139 Å². The molecule has 6 rings (SSSR count). The van der Waals surface area contributed by atoms with E-state index in [0.29, 0.717) is 50.8 Å². The molecule has 0 aliphatic rings. The average Bonchev–Trinajstić information content (AvgIpc) is 3.24. The SMILES string of the molecule is C=CC(=O)Nc1cc(Nc2nc(Nc3ccc(OC(C)C)nc3)ncc2F)ccc1Cl.C=CC(=O)Nc1cccc(Nc2nc(Nc3cccc(OCCO)c3)ncc2F)c1. The van der Waals surface area contributed by atoms with Crippen LogP contribution >= 0.6 is 11.6 Å². The van der Waals surface area contributed by atoms with Crippen molar-refractivity contribution in [2.24, 2.45) is 0 Å². The van der Waals surface area contributed by atoms with E-state index in [2.05, 4.69) is 70.0 Å². The third-order valence-electron chi connectivity index (χ3n) is 7.54. The fourth-order valence-corrected chi connectivity index (χ4v) is 5.07. The summed E-state index contributed by atoms with van der Waals surface area (Å²) in [5.74, 6) is -0.767. The molecule has 7 N–H and O–H groups in total. The molecule has 0 aliphatic carbocycles. The number of halogens is 3. The number of rotatable bonds is 17. The molecule has 61 heavy (non-hydrogen) atoms. The summed E-state index contributed by atoms with van der Waals surface area (Å²) in [6, 6.07) is 21.9. The van der Waals surface area contributed by atoms with Crippen molar-refractivity contribution in [3.8, 4) is 11.6 Å². The topological polar surface area (TPSA) is 209 Å². The number of ether oxygens (including phenoxy) is 2. The Kier molecular flexibility index (Phi) is 15.9. The molecule has 0 radical (unpaired) electrons. The second kappa shape index (κ2) is 21.9. The van der Waals surface area contributed by atoms with Gasteiger partial charge in [0.25, 0.3) is 0 Å². The number of nitrogens with one attached hydrogen (secondary N) is 6. The van der Waals surface area contributed by atoms with Crippen LogP contribution in [0.25, 0.3) is 0 Å². The van der Waals surface area contributed by atoms with E-state index in [4.69, 9.17) is 26.2 Å². The lowest BCUT2D eigenvalue weighted by Crippen LogP contribution is -2.08. The van der Waals surface area contributed by atoms with E-state index < -0.39 is 17.5 Å². The third-order valence-corrected chi connectivity index (χ3v) is 7.87. The predicted octanol–water partition coefficient (Wildman–Crippen LogP) is 8.66. The van der Waals surface area contributed by atoms with Gasteiger partial charge in [0.15, 0.2) is 23.3 Å². The van der Waals surface area contributed by atoms with Crippen LogP contribution in [0, 0.1) is 11.6 Å². The van der Waals surface area contributed by atoms with Crippen LogP contribution in [0.2, 0.25) is 5.02 Å². The zero-order valence-electron chi connectivity index (χ0n) is 32.7. The minimum atomic E-state index is -0.656. The molecule has 0 atom stereocenters. The van der Waals surface area contributed by atoms with E-state index >= 15 is 0 Å². The zero-order chi connectivity index (χ0) is 43.7. The van der Waals surface area contributed by atoms with Crippen LogP contribution in [0.15, 0.2) is 123 Å². The minimum Gasteiger partial charge on any atom is -0.491 e. The summed E-state index contributed by atoms with van der Waals surface area (Å²) in [4.78, 5) is 43.4. The van der Waals surface area contributed by atoms with Crippen LogP contribution in [0.4, 0.5) is 66.4 Å². The van der Waals surface area contributed by atoms with E-state index in [1.165, 1.54) is 0 Å². The number of amides is 2. The number of hydrogen-bond acceptors (Lipinski definition) is 14. The van der Waals surface area contributed by atoms with Gasteiger partial charge in [-0.05, 0) is 80.6 Å². The van der Waals surface area contributed by atoms with E-state index in [-0.39, 0.29) is 48.8 Å². The minimum absolute atomic E-state index is 0.0128. The molecule has 0 spiro atoms. The largest absolute Gasteiger partial charge is 0.491 e. The molecular weight excluding hydrogens is 812 g/mol. The maximum Gasteiger partial charge on any atom is 0.247 e. The highest BCUT2D eigenvalue weighted by Crippen LogP contribution is 2.29. The van der Waals surface area contributed by atoms with Crippen LogP contribution in [0.3, 0.4) is 0 Å². The van der Waals surface area contributed by atoms with Gasteiger partial charge >= 0.3 is 0 Å². The van der Waals surface area contributed by atoms with Gasteiger partial charge in [0, 0.05) is 34.9 Å². The van der Waals surface area contributed by atoms with E-state index in [1.54, 1.807) is 85.1 Å². The summed E-state index contributed by atoms with van der Waals surface area (Å²) >= 11 is 6.08. The second-order valence-corrected chi connectivity index (χ2v) is 13.0. The number of benzene rings is 3. The Morgan fingerprint density at radius 2 is 1.30 bits per heavy atom. The van der Waals surface area contributed by atoms with Gasteiger partial charge in [-0.25, -0.2) is 23.7 Å². The van der Waals surface area contributed by atoms with Crippen LogP contribution in [0.1, 0.15) is 13.8 Å². The first kappa shape index (κ1) is 44.4. The van der Waals surface area contributed by atoms with Gasteiger partial charge < -0.3 is 46.5 Å². The second-order valence-electron chi connectivity index (χ2n) is 12.6. The first-order chi connectivity index (χ1) is 29.4. The Bertz CT molecular complexity index is 2480. The average molecular weight is 852 g/mol. The zero-order valence-corrected chi connectivity index (χ0v) is 33.5. The summed E-state index contributed by atoms with van der Waals surface area (Å²) < 4.78 is 39.3. The van der Waals surface area contributed by atoms with Gasteiger partial charge in [-0.1, -0.05) is 36.9 Å². The number of carbonyl (C=O) groups excluding carboxylic acids is 2. The normalized spacial score (nSPS) is 10.3. The number of hydrogen-bond donors (Lipinski definition) is 7.